The van der Waals surface area contributed by atoms with Crippen LogP contribution in [0.1, 0.15) is 19.5 Å². The van der Waals surface area contributed by atoms with Gasteiger partial charge in [0.1, 0.15) is 4.32 Å². The highest BCUT2D eigenvalue weighted by Gasteiger charge is 2.22. The van der Waals surface area contributed by atoms with E-state index >= 15 is 0 Å². The van der Waals surface area contributed by atoms with Gasteiger partial charge in [-0.1, -0.05) is 24.0 Å². The quantitative estimate of drug-likeness (QED) is 0.683. The van der Waals surface area contributed by atoms with Crippen LogP contribution in [-0.2, 0) is 9.59 Å². The zero-order chi connectivity index (χ0) is 14.0. The monoisotopic (exact) mass is 313 g/mol. The first kappa shape index (κ1) is 14.2. The molecule has 5 nitrogen and oxygen atoms in total. The number of anilines is 1. The predicted octanol–water partition coefficient (Wildman–Crippen LogP) is 2.00. The van der Waals surface area contributed by atoms with Crippen LogP contribution in [0.5, 0.6) is 0 Å². The van der Waals surface area contributed by atoms with Crippen molar-refractivity contribution in [2.45, 2.75) is 13.8 Å². The minimum absolute atomic E-state index is 0.0507. The molecule has 19 heavy (non-hydrogen) atoms. The highest BCUT2D eigenvalue weighted by Crippen LogP contribution is 2.28. The van der Waals surface area contributed by atoms with Crippen molar-refractivity contribution in [3.05, 3.63) is 16.0 Å². The minimum Gasteiger partial charge on any atom is -0.307 e. The molecule has 0 aliphatic carbocycles. The average molecular weight is 313 g/mol. The Bertz CT molecular complexity index is 579. The maximum Gasteiger partial charge on any atom is 0.263 e. The highest BCUT2D eigenvalue weighted by molar-refractivity contribution is 8.26. The Morgan fingerprint density at radius 2 is 2.37 bits per heavy atom. The second kappa shape index (κ2) is 5.81. The predicted molar refractivity (Wildman–Crippen MR) is 82.1 cm³/mol. The molecule has 1 aromatic heterocycles. The normalized spacial score (nSPS) is 16.8. The van der Waals surface area contributed by atoms with Gasteiger partial charge in [-0.2, -0.15) is 0 Å². The average Bonchev–Trinajstić information content (AvgIpc) is 2.88. The van der Waals surface area contributed by atoms with Gasteiger partial charge in [0, 0.05) is 18.8 Å². The maximum atomic E-state index is 11.5. The summed E-state index contributed by atoms with van der Waals surface area (Å²) in [5.74, 6) is -0.256. The fraction of sp³-hybridized carbons (Fsp3) is 0.273. The topological polar surface area (TPSA) is 62.3 Å². The molecule has 0 atom stereocenters. The summed E-state index contributed by atoms with van der Waals surface area (Å²) in [5.41, 5.74) is 0.655. The standard InChI is InChI=1S/C11H11N3O2S3/c1-3-14(6(2)15)10-12-7(5-18-10)4-8-9(16)13-11(17)19-8/h4-5H,3H2,1-2H3,(H,13,16,17). The molecule has 2 rings (SSSR count). The van der Waals surface area contributed by atoms with E-state index in [-0.39, 0.29) is 11.8 Å². The fourth-order valence-corrected chi connectivity index (χ4v) is 3.43. The van der Waals surface area contributed by atoms with Gasteiger partial charge >= 0.3 is 0 Å². The van der Waals surface area contributed by atoms with Crippen molar-refractivity contribution >= 4 is 62.7 Å². The van der Waals surface area contributed by atoms with Crippen LogP contribution in [0, 0.1) is 0 Å². The van der Waals surface area contributed by atoms with Crippen molar-refractivity contribution in [2.75, 3.05) is 11.4 Å². The Kier molecular flexibility index (Phi) is 4.33. The number of nitrogens with zero attached hydrogens (tertiary/aromatic N) is 2. The van der Waals surface area contributed by atoms with E-state index in [4.69, 9.17) is 12.2 Å². The van der Waals surface area contributed by atoms with Crippen molar-refractivity contribution in [3.63, 3.8) is 0 Å². The Hall–Kier alpha value is -1.25. The van der Waals surface area contributed by atoms with Gasteiger partial charge < -0.3 is 5.32 Å². The number of carbonyl (C=O) groups excluding carboxylic acids is 2. The molecule has 0 bridgehead atoms. The van der Waals surface area contributed by atoms with Gasteiger partial charge in [-0.25, -0.2) is 4.98 Å². The second-order valence-electron chi connectivity index (χ2n) is 3.67. The lowest BCUT2D eigenvalue weighted by Gasteiger charge is -2.14. The lowest BCUT2D eigenvalue weighted by molar-refractivity contribution is -0.116. The summed E-state index contributed by atoms with van der Waals surface area (Å²) < 4.78 is 0.450. The lowest BCUT2D eigenvalue weighted by Crippen LogP contribution is -2.27. The number of rotatable bonds is 3. The van der Waals surface area contributed by atoms with Crippen LogP contribution in [0.4, 0.5) is 5.13 Å². The van der Waals surface area contributed by atoms with Crippen LogP contribution in [-0.4, -0.2) is 27.7 Å². The van der Waals surface area contributed by atoms with Crippen molar-refractivity contribution in [2.24, 2.45) is 0 Å². The first-order valence-electron chi connectivity index (χ1n) is 5.49. The largest absolute Gasteiger partial charge is 0.307 e. The molecule has 8 heteroatoms. The van der Waals surface area contributed by atoms with Crippen LogP contribution in [0.25, 0.3) is 6.08 Å². The number of hydrogen-bond donors (Lipinski definition) is 1. The van der Waals surface area contributed by atoms with Crippen LogP contribution in [0.2, 0.25) is 0 Å². The van der Waals surface area contributed by atoms with Gasteiger partial charge in [-0.15, -0.1) is 11.3 Å². The molecule has 1 fully saturated rings. The lowest BCUT2D eigenvalue weighted by atomic mass is 10.4. The molecule has 0 spiro atoms. The van der Waals surface area contributed by atoms with E-state index in [0.717, 1.165) is 0 Å². The molecule has 100 valence electrons. The molecule has 1 saturated heterocycles. The number of hydrogen-bond acceptors (Lipinski definition) is 6. The minimum atomic E-state index is -0.205. The van der Waals surface area contributed by atoms with E-state index in [1.54, 1.807) is 11.0 Å². The summed E-state index contributed by atoms with van der Waals surface area (Å²) in [6.45, 7) is 3.96. The maximum absolute atomic E-state index is 11.5. The highest BCUT2D eigenvalue weighted by atomic mass is 32.2. The number of nitrogens with one attached hydrogen (secondary N) is 1. The molecule has 1 aromatic rings. The van der Waals surface area contributed by atoms with Gasteiger partial charge in [0.2, 0.25) is 5.91 Å². The molecule has 0 unspecified atom stereocenters. The number of thioether (sulfide) groups is 1. The van der Waals surface area contributed by atoms with Crippen LogP contribution in [0.3, 0.4) is 0 Å². The van der Waals surface area contributed by atoms with Gasteiger partial charge in [-0.3, -0.25) is 14.5 Å². The fourth-order valence-electron chi connectivity index (χ4n) is 1.51. The number of thiazole rings is 1. The zero-order valence-corrected chi connectivity index (χ0v) is 12.7. The SMILES string of the molecule is CCN(C(C)=O)c1nc(C=C2SC(=S)NC2=O)cs1. The number of aromatic nitrogens is 1. The Labute approximate surface area is 124 Å². The van der Waals surface area contributed by atoms with Crippen LogP contribution < -0.4 is 10.2 Å². The van der Waals surface area contributed by atoms with E-state index in [9.17, 15) is 9.59 Å². The first-order valence-corrected chi connectivity index (χ1v) is 7.60. The molecule has 2 heterocycles. The van der Waals surface area contributed by atoms with Crippen molar-refractivity contribution in [1.29, 1.82) is 0 Å². The summed E-state index contributed by atoms with van der Waals surface area (Å²) >= 11 is 7.49. The third-order valence-corrected chi connectivity index (χ3v) is 4.40. The van der Waals surface area contributed by atoms with E-state index in [2.05, 4.69) is 10.3 Å². The number of amides is 2. The van der Waals surface area contributed by atoms with Gasteiger partial charge in [-0.05, 0) is 13.0 Å². The van der Waals surface area contributed by atoms with Crippen molar-refractivity contribution in [3.8, 4) is 0 Å². The molecular formula is C11H11N3O2S3. The summed E-state index contributed by atoms with van der Waals surface area (Å²) in [6, 6.07) is 0. The third kappa shape index (κ3) is 3.20. The second-order valence-corrected chi connectivity index (χ2v) is 6.23. The summed E-state index contributed by atoms with van der Waals surface area (Å²) in [5, 5.41) is 4.99. The van der Waals surface area contributed by atoms with E-state index in [1.165, 1.54) is 30.0 Å². The molecule has 0 aromatic carbocycles. The Morgan fingerprint density at radius 3 is 2.89 bits per heavy atom. The molecule has 1 aliphatic heterocycles. The molecule has 2 amide bonds. The summed E-state index contributed by atoms with van der Waals surface area (Å²) in [4.78, 5) is 29.4. The number of carbonyl (C=O) groups is 2. The van der Waals surface area contributed by atoms with Gasteiger partial charge in [0.25, 0.3) is 5.91 Å². The Morgan fingerprint density at radius 1 is 1.63 bits per heavy atom. The molecule has 0 saturated carbocycles. The third-order valence-electron chi connectivity index (χ3n) is 2.36. The Balaban J connectivity index is 2.22. The molecule has 1 N–H and O–H groups in total. The summed E-state index contributed by atoms with van der Waals surface area (Å²) in [7, 11) is 0. The van der Waals surface area contributed by atoms with Crippen LogP contribution in [0.15, 0.2) is 10.3 Å². The zero-order valence-electron chi connectivity index (χ0n) is 10.3. The molecular weight excluding hydrogens is 302 g/mol. The van der Waals surface area contributed by atoms with Gasteiger partial charge in [0.05, 0.1) is 10.6 Å². The van der Waals surface area contributed by atoms with E-state index < -0.39 is 0 Å². The van der Waals surface area contributed by atoms with Crippen molar-refractivity contribution < 1.29 is 9.59 Å². The van der Waals surface area contributed by atoms with Crippen LogP contribution >= 0.6 is 35.3 Å². The smallest absolute Gasteiger partial charge is 0.263 e. The van der Waals surface area contributed by atoms with E-state index in [0.29, 0.717) is 26.6 Å². The van der Waals surface area contributed by atoms with Crippen molar-refractivity contribution in [1.82, 2.24) is 10.3 Å². The molecule has 0 radical (unpaired) electrons. The molecule has 1 aliphatic rings. The first-order chi connectivity index (χ1) is 9.01. The van der Waals surface area contributed by atoms with Gasteiger partial charge in [0.15, 0.2) is 5.13 Å². The van der Waals surface area contributed by atoms with E-state index in [1.807, 2.05) is 12.3 Å². The number of thiocarbonyl (C=S) groups is 1. The summed E-state index contributed by atoms with van der Waals surface area (Å²) in [6.07, 6.45) is 1.67.